The molecule has 0 radical (unpaired) electrons. The average molecular weight is 290 g/mol. The van der Waals surface area contributed by atoms with Crippen LogP contribution in [0.4, 0.5) is 0 Å². The van der Waals surface area contributed by atoms with Crippen LogP contribution in [-0.4, -0.2) is 18.3 Å². The van der Waals surface area contributed by atoms with Gasteiger partial charge in [0.2, 0.25) is 0 Å². The van der Waals surface area contributed by atoms with Crippen LogP contribution in [0, 0.1) is 13.8 Å². The van der Waals surface area contributed by atoms with E-state index in [0.29, 0.717) is 6.61 Å². The minimum Gasteiger partial charge on any atom is -0.383 e. The molecule has 0 spiro atoms. The monoisotopic (exact) mass is 290 g/mol. The van der Waals surface area contributed by atoms with Crippen molar-refractivity contribution >= 4 is 11.3 Å². The SMILES string of the molecule is COCCn1c(C)c(C)sc1=NC(C)c1ccccc1. The number of aryl methyl sites for hydroxylation is 1. The number of benzene rings is 1. The normalized spacial score (nSPS) is 13.7. The summed E-state index contributed by atoms with van der Waals surface area (Å²) in [6.07, 6.45) is 0. The standard InChI is InChI=1S/C16H22N2OS/c1-12(15-8-6-5-7-9-15)17-16-18(10-11-19-4)13(2)14(3)20-16/h5-9,12H,10-11H2,1-4H3. The molecule has 0 aliphatic rings. The summed E-state index contributed by atoms with van der Waals surface area (Å²) in [5.74, 6) is 0. The molecular formula is C16H22N2OS. The maximum absolute atomic E-state index is 5.20. The highest BCUT2D eigenvalue weighted by molar-refractivity contribution is 7.09. The van der Waals surface area contributed by atoms with Crippen molar-refractivity contribution < 1.29 is 4.74 Å². The van der Waals surface area contributed by atoms with E-state index in [-0.39, 0.29) is 6.04 Å². The van der Waals surface area contributed by atoms with Gasteiger partial charge in [-0.15, -0.1) is 11.3 Å². The topological polar surface area (TPSA) is 26.5 Å². The lowest BCUT2D eigenvalue weighted by molar-refractivity contribution is 0.185. The molecule has 3 nitrogen and oxygen atoms in total. The number of nitrogens with zero attached hydrogens (tertiary/aromatic N) is 2. The molecule has 4 heteroatoms. The Morgan fingerprint density at radius 2 is 1.95 bits per heavy atom. The molecule has 0 saturated heterocycles. The molecule has 20 heavy (non-hydrogen) atoms. The molecular weight excluding hydrogens is 268 g/mol. The summed E-state index contributed by atoms with van der Waals surface area (Å²) in [7, 11) is 1.73. The molecule has 2 rings (SSSR count). The van der Waals surface area contributed by atoms with Gasteiger partial charge in [0.15, 0.2) is 4.80 Å². The van der Waals surface area contributed by atoms with Gasteiger partial charge < -0.3 is 9.30 Å². The van der Waals surface area contributed by atoms with Gasteiger partial charge in [-0.3, -0.25) is 4.99 Å². The Hall–Kier alpha value is -1.39. The predicted octanol–water partition coefficient (Wildman–Crippen LogP) is 3.47. The summed E-state index contributed by atoms with van der Waals surface area (Å²) in [5, 5.41) is 0. The highest BCUT2D eigenvalue weighted by Crippen LogP contribution is 2.16. The van der Waals surface area contributed by atoms with Crippen LogP contribution in [0.15, 0.2) is 35.3 Å². The van der Waals surface area contributed by atoms with E-state index in [2.05, 4.69) is 49.6 Å². The number of hydrogen-bond acceptors (Lipinski definition) is 3. The van der Waals surface area contributed by atoms with Gasteiger partial charge in [0.05, 0.1) is 12.6 Å². The smallest absolute Gasteiger partial charge is 0.185 e. The van der Waals surface area contributed by atoms with Crippen LogP contribution < -0.4 is 4.80 Å². The highest BCUT2D eigenvalue weighted by atomic mass is 32.1. The fraction of sp³-hybridized carbons (Fsp3) is 0.438. The van der Waals surface area contributed by atoms with Crippen LogP contribution in [0.2, 0.25) is 0 Å². The Kier molecular flexibility index (Phi) is 5.15. The lowest BCUT2D eigenvalue weighted by Gasteiger charge is -2.08. The zero-order valence-electron chi connectivity index (χ0n) is 12.6. The first kappa shape index (κ1) is 15.0. The average Bonchev–Trinajstić information content (AvgIpc) is 2.72. The van der Waals surface area contributed by atoms with Gasteiger partial charge in [0.1, 0.15) is 0 Å². The summed E-state index contributed by atoms with van der Waals surface area (Å²) in [6, 6.07) is 10.6. The maximum atomic E-state index is 5.20. The lowest BCUT2D eigenvalue weighted by Crippen LogP contribution is -2.20. The second-order valence-electron chi connectivity index (χ2n) is 4.89. The van der Waals surface area contributed by atoms with Crippen LogP contribution in [0.25, 0.3) is 0 Å². The molecule has 0 aliphatic carbocycles. The van der Waals surface area contributed by atoms with E-state index in [1.807, 2.05) is 6.07 Å². The van der Waals surface area contributed by atoms with Gasteiger partial charge >= 0.3 is 0 Å². The summed E-state index contributed by atoms with van der Waals surface area (Å²) < 4.78 is 7.45. The van der Waals surface area contributed by atoms with E-state index in [9.17, 15) is 0 Å². The Balaban J connectivity index is 2.36. The van der Waals surface area contributed by atoms with Crippen molar-refractivity contribution in [3.05, 3.63) is 51.3 Å². The van der Waals surface area contributed by atoms with E-state index in [0.717, 1.165) is 11.3 Å². The van der Waals surface area contributed by atoms with Crippen LogP contribution in [0.1, 0.15) is 29.1 Å². The van der Waals surface area contributed by atoms with Crippen molar-refractivity contribution in [1.29, 1.82) is 0 Å². The van der Waals surface area contributed by atoms with E-state index >= 15 is 0 Å². The summed E-state index contributed by atoms with van der Waals surface area (Å²) >= 11 is 1.76. The zero-order chi connectivity index (χ0) is 14.5. The number of rotatable bonds is 5. The van der Waals surface area contributed by atoms with E-state index < -0.39 is 0 Å². The van der Waals surface area contributed by atoms with Crippen LogP contribution in [0.5, 0.6) is 0 Å². The molecule has 0 saturated carbocycles. The molecule has 1 heterocycles. The first-order valence-electron chi connectivity index (χ1n) is 6.88. The van der Waals surface area contributed by atoms with Crippen molar-refractivity contribution in [3.63, 3.8) is 0 Å². The molecule has 1 aromatic carbocycles. The van der Waals surface area contributed by atoms with Gasteiger partial charge in [-0.1, -0.05) is 30.3 Å². The van der Waals surface area contributed by atoms with Crippen LogP contribution in [-0.2, 0) is 11.3 Å². The third kappa shape index (κ3) is 3.38. The van der Waals surface area contributed by atoms with Crippen molar-refractivity contribution in [3.8, 4) is 0 Å². The third-order valence-corrected chi connectivity index (χ3v) is 4.60. The Morgan fingerprint density at radius 1 is 1.25 bits per heavy atom. The lowest BCUT2D eigenvalue weighted by atomic mass is 10.1. The number of hydrogen-bond donors (Lipinski definition) is 0. The maximum Gasteiger partial charge on any atom is 0.185 e. The molecule has 2 aromatic rings. The second kappa shape index (κ2) is 6.86. The van der Waals surface area contributed by atoms with Crippen molar-refractivity contribution in [2.75, 3.05) is 13.7 Å². The van der Waals surface area contributed by atoms with Crippen molar-refractivity contribution in [2.24, 2.45) is 4.99 Å². The molecule has 108 valence electrons. The van der Waals surface area contributed by atoms with Crippen molar-refractivity contribution in [1.82, 2.24) is 4.57 Å². The largest absolute Gasteiger partial charge is 0.383 e. The quantitative estimate of drug-likeness (QED) is 0.828. The number of ether oxygens (including phenoxy) is 1. The van der Waals surface area contributed by atoms with Crippen molar-refractivity contribution in [2.45, 2.75) is 33.4 Å². The van der Waals surface area contributed by atoms with Gasteiger partial charge in [-0.25, -0.2) is 0 Å². The van der Waals surface area contributed by atoms with Gasteiger partial charge in [-0.2, -0.15) is 0 Å². The number of thiazole rings is 1. The molecule has 0 bridgehead atoms. The molecule has 0 amide bonds. The van der Waals surface area contributed by atoms with E-state index in [1.165, 1.54) is 16.1 Å². The minimum absolute atomic E-state index is 0.169. The molecule has 0 fully saturated rings. The fourth-order valence-electron chi connectivity index (χ4n) is 2.11. The molecule has 0 aliphatic heterocycles. The van der Waals surface area contributed by atoms with Crippen LogP contribution in [0.3, 0.4) is 0 Å². The summed E-state index contributed by atoms with van der Waals surface area (Å²) in [5.41, 5.74) is 2.53. The van der Waals surface area contributed by atoms with Gasteiger partial charge in [0, 0.05) is 24.2 Å². The summed E-state index contributed by atoms with van der Waals surface area (Å²) in [4.78, 5) is 7.29. The van der Waals surface area contributed by atoms with E-state index in [1.54, 1.807) is 18.4 Å². The third-order valence-electron chi connectivity index (χ3n) is 3.49. The minimum atomic E-state index is 0.169. The van der Waals surface area contributed by atoms with Gasteiger partial charge in [-0.05, 0) is 26.3 Å². The fourth-order valence-corrected chi connectivity index (χ4v) is 3.19. The Morgan fingerprint density at radius 3 is 2.60 bits per heavy atom. The molecule has 0 N–H and O–H groups in total. The molecule has 1 atom stereocenters. The van der Waals surface area contributed by atoms with E-state index in [4.69, 9.17) is 9.73 Å². The highest BCUT2D eigenvalue weighted by Gasteiger charge is 2.08. The zero-order valence-corrected chi connectivity index (χ0v) is 13.4. The first-order chi connectivity index (χ1) is 9.63. The Labute approximate surface area is 124 Å². The molecule has 1 unspecified atom stereocenters. The summed E-state index contributed by atoms with van der Waals surface area (Å²) in [6.45, 7) is 8.00. The predicted molar refractivity (Wildman–Crippen MR) is 84.1 cm³/mol. The van der Waals surface area contributed by atoms with Gasteiger partial charge in [0.25, 0.3) is 0 Å². The Bertz CT molecular complexity index is 613. The second-order valence-corrected chi connectivity index (χ2v) is 6.07. The van der Waals surface area contributed by atoms with Crippen LogP contribution >= 0.6 is 11.3 Å². The first-order valence-corrected chi connectivity index (χ1v) is 7.69. The number of aromatic nitrogens is 1. The number of methoxy groups -OCH3 is 1. The molecule has 1 aromatic heterocycles.